The van der Waals surface area contributed by atoms with Crippen LogP contribution < -0.4 is 5.32 Å². The molecule has 0 fully saturated rings. The smallest absolute Gasteiger partial charge is 0.0669 e. The van der Waals surface area contributed by atoms with Crippen LogP contribution in [0.2, 0.25) is 0 Å². The molecule has 2 aromatic rings. The molecule has 3 heteroatoms. The molecule has 0 radical (unpaired) electrons. The third kappa shape index (κ3) is 3.94. The Hall–Kier alpha value is -1.61. The molecule has 0 aliphatic heterocycles. The molecule has 1 unspecified atom stereocenters. The molecule has 0 spiro atoms. The molecule has 1 atom stereocenters. The lowest BCUT2D eigenvalue weighted by molar-refractivity contribution is 0.525. The molecule has 3 nitrogen and oxygen atoms in total. The average Bonchev–Trinajstić information content (AvgIpc) is 2.86. The zero-order chi connectivity index (χ0) is 15.2. The molecule has 114 valence electrons. The highest BCUT2D eigenvalue weighted by Crippen LogP contribution is 2.23. The first kappa shape index (κ1) is 15.8. The van der Waals surface area contributed by atoms with E-state index < -0.39 is 0 Å². The second-order valence-corrected chi connectivity index (χ2v) is 5.70. The van der Waals surface area contributed by atoms with Crippen molar-refractivity contribution in [2.45, 2.75) is 46.1 Å². The van der Waals surface area contributed by atoms with Gasteiger partial charge < -0.3 is 5.32 Å². The molecule has 1 aromatic heterocycles. The number of aromatic nitrogens is 2. The largest absolute Gasteiger partial charge is 0.310 e. The third-order valence-electron chi connectivity index (χ3n) is 3.97. The van der Waals surface area contributed by atoms with Crippen LogP contribution >= 0.6 is 0 Å². The Kier molecular flexibility index (Phi) is 5.57. The summed E-state index contributed by atoms with van der Waals surface area (Å²) in [5.74, 6) is 0. The van der Waals surface area contributed by atoms with Crippen LogP contribution in [0.1, 0.15) is 48.7 Å². The fourth-order valence-electron chi connectivity index (χ4n) is 2.79. The summed E-state index contributed by atoms with van der Waals surface area (Å²) >= 11 is 0. The van der Waals surface area contributed by atoms with E-state index in [2.05, 4.69) is 61.6 Å². The summed E-state index contributed by atoms with van der Waals surface area (Å²) in [4.78, 5) is 0. The predicted molar refractivity (Wildman–Crippen MR) is 88.5 cm³/mol. The van der Waals surface area contributed by atoms with Crippen LogP contribution in [0.25, 0.3) is 0 Å². The zero-order valence-corrected chi connectivity index (χ0v) is 13.7. The van der Waals surface area contributed by atoms with E-state index in [0.29, 0.717) is 6.04 Å². The highest BCUT2D eigenvalue weighted by atomic mass is 15.3. The second kappa shape index (κ2) is 7.41. The maximum atomic E-state index is 4.60. The van der Waals surface area contributed by atoms with Gasteiger partial charge in [0.05, 0.1) is 5.69 Å². The van der Waals surface area contributed by atoms with Crippen LogP contribution in [-0.4, -0.2) is 16.3 Å². The number of aryl methyl sites for hydroxylation is 3. The van der Waals surface area contributed by atoms with E-state index in [-0.39, 0.29) is 0 Å². The highest BCUT2D eigenvalue weighted by Gasteiger charge is 2.18. The summed E-state index contributed by atoms with van der Waals surface area (Å²) < 4.78 is 1.94. The fourth-order valence-corrected chi connectivity index (χ4v) is 2.79. The molecule has 1 heterocycles. The van der Waals surface area contributed by atoms with E-state index in [1.165, 1.54) is 22.4 Å². The monoisotopic (exact) mass is 285 g/mol. The molecular weight excluding hydrogens is 258 g/mol. The lowest BCUT2D eigenvalue weighted by Gasteiger charge is -2.19. The van der Waals surface area contributed by atoms with Crippen LogP contribution in [-0.2, 0) is 19.9 Å². The zero-order valence-electron chi connectivity index (χ0n) is 13.7. The fraction of sp³-hybridized carbons (Fsp3) is 0.500. The Labute approximate surface area is 128 Å². The summed E-state index contributed by atoms with van der Waals surface area (Å²) in [6.45, 7) is 7.61. The van der Waals surface area contributed by atoms with Gasteiger partial charge in [-0.2, -0.15) is 5.10 Å². The second-order valence-electron chi connectivity index (χ2n) is 5.70. The van der Waals surface area contributed by atoms with Crippen LogP contribution in [0, 0.1) is 6.92 Å². The van der Waals surface area contributed by atoms with Crippen molar-refractivity contribution >= 4 is 0 Å². The van der Waals surface area contributed by atoms with Gasteiger partial charge in [0.25, 0.3) is 0 Å². The number of hydrogen-bond donors (Lipinski definition) is 1. The molecule has 2 rings (SSSR count). The Bertz CT molecular complexity index is 572. The van der Waals surface area contributed by atoms with Gasteiger partial charge in [0, 0.05) is 24.8 Å². The molecule has 1 aromatic carbocycles. The summed E-state index contributed by atoms with van der Waals surface area (Å²) in [5.41, 5.74) is 5.33. The van der Waals surface area contributed by atoms with Gasteiger partial charge in [-0.25, -0.2) is 0 Å². The van der Waals surface area contributed by atoms with Crippen LogP contribution in [0.15, 0.2) is 30.5 Å². The maximum Gasteiger partial charge on any atom is 0.0669 e. The standard InChI is InChI=1S/C18H27N3/c1-5-11-19-18(12-15-10-8-7-9-14(15)3)16-13-21(4)20-17(16)6-2/h7-10,13,18-19H,5-6,11-12H2,1-4H3. The van der Waals surface area contributed by atoms with Gasteiger partial charge in [-0.15, -0.1) is 0 Å². The molecule has 1 N–H and O–H groups in total. The minimum absolute atomic E-state index is 0.342. The lowest BCUT2D eigenvalue weighted by Crippen LogP contribution is -2.25. The third-order valence-corrected chi connectivity index (χ3v) is 3.97. The predicted octanol–water partition coefficient (Wildman–Crippen LogP) is 3.57. The molecule has 0 aliphatic rings. The van der Waals surface area contributed by atoms with Crippen molar-refractivity contribution in [2.24, 2.45) is 7.05 Å². The topological polar surface area (TPSA) is 29.9 Å². The van der Waals surface area contributed by atoms with Gasteiger partial charge >= 0.3 is 0 Å². The Balaban J connectivity index is 2.27. The van der Waals surface area contributed by atoms with Gasteiger partial charge in [-0.05, 0) is 43.9 Å². The van der Waals surface area contributed by atoms with Gasteiger partial charge in [-0.3, -0.25) is 4.68 Å². The first-order valence-corrected chi connectivity index (χ1v) is 7.96. The molecular formula is C18H27N3. The Morgan fingerprint density at radius 2 is 2.00 bits per heavy atom. The molecule has 0 aliphatic carbocycles. The number of hydrogen-bond acceptors (Lipinski definition) is 2. The van der Waals surface area contributed by atoms with Gasteiger partial charge in [0.2, 0.25) is 0 Å². The van der Waals surface area contributed by atoms with E-state index >= 15 is 0 Å². The lowest BCUT2D eigenvalue weighted by atomic mass is 9.95. The minimum Gasteiger partial charge on any atom is -0.310 e. The van der Waals surface area contributed by atoms with E-state index in [9.17, 15) is 0 Å². The summed E-state index contributed by atoms with van der Waals surface area (Å²) in [6.07, 6.45) is 5.32. The Morgan fingerprint density at radius 1 is 1.24 bits per heavy atom. The maximum absolute atomic E-state index is 4.60. The van der Waals surface area contributed by atoms with Gasteiger partial charge in [0.15, 0.2) is 0 Å². The molecule has 0 bridgehead atoms. The van der Waals surface area contributed by atoms with Gasteiger partial charge in [-0.1, -0.05) is 38.1 Å². The van der Waals surface area contributed by atoms with Crippen molar-refractivity contribution < 1.29 is 0 Å². The molecule has 0 saturated heterocycles. The van der Waals surface area contributed by atoms with Crippen LogP contribution in [0.3, 0.4) is 0 Å². The molecule has 0 amide bonds. The van der Waals surface area contributed by atoms with Crippen molar-refractivity contribution in [1.82, 2.24) is 15.1 Å². The van der Waals surface area contributed by atoms with E-state index in [0.717, 1.165) is 25.8 Å². The van der Waals surface area contributed by atoms with Crippen molar-refractivity contribution in [1.29, 1.82) is 0 Å². The number of rotatable bonds is 7. The van der Waals surface area contributed by atoms with Crippen LogP contribution in [0.5, 0.6) is 0 Å². The summed E-state index contributed by atoms with van der Waals surface area (Å²) in [6, 6.07) is 9.00. The summed E-state index contributed by atoms with van der Waals surface area (Å²) in [7, 11) is 2.01. The van der Waals surface area contributed by atoms with Gasteiger partial charge in [0.1, 0.15) is 0 Å². The molecule has 0 saturated carbocycles. The number of nitrogens with zero attached hydrogens (tertiary/aromatic N) is 2. The van der Waals surface area contributed by atoms with Crippen LogP contribution in [0.4, 0.5) is 0 Å². The average molecular weight is 285 g/mol. The van der Waals surface area contributed by atoms with Crippen molar-refractivity contribution in [2.75, 3.05) is 6.54 Å². The SMILES string of the molecule is CCCNC(Cc1ccccc1C)c1cn(C)nc1CC. The quantitative estimate of drug-likeness (QED) is 0.843. The minimum atomic E-state index is 0.342. The first-order chi connectivity index (χ1) is 10.2. The summed E-state index contributed by atoms with van der Waals surface area (Å²) in [5, 5.41) is 8.29. The molecule has 21 heavy (non-hydrogen) atoms. The van der Waals surface area contributed by atoms with Crippen molar-refractivity contribution in [3.63, 3.8) is 0 Å². The van der Waals surface area contributed by atoms with Crippen molar-refractivity contribution in [3.8, 4) is 0 Å². The first-order valence-electron chi connectivity index (χ1n) is 7.96. The number of benzene rings is 1. The highest BCUT2D eigenvalue weighted by molar-refractivity contribution is 5.30. The number of nitrogens with one attached hydrogen (secondary N) is 1. The van der Waals surface area contributed by atoms with E-state index in [1.807, 2.05) is 11.7 Å². The normalized spacial score (nSPS) is 12.6. The Morgan fingerprint density at radius 3 is 2.67 bits per heavy atom. The van der Waals surface area contributed by atoms with E-state index in [4.69, 9.17) is 0 Å². The van der Waals surface area contributed by atoms with E-state index in [1.54, 1.807) is 0 Å². The van der Waals surface area contributed by atoms with Crippen molar-refractivity contribution in [3.05, 3.63) is 52.8 Å².